The summed E-state index contributed by atoms with van der Waals surface area (Å²) in [5.74, 6) is 1.47. The highest BCUT2D eigenvalue weighted by atomic mass is 16.5. The largest absolute Gasteiger partial charge is 0.497 e. The maximum absolute atomic E-state index is 12.1. The van der Waals surface area contributed by atoms with Crippen LogP contribution in [0.15, 0.2) is 67.0 Å². The summed E-state index contributed by atoms with van der Waals surface area (Å²) in [6.45, 7) is 1.58. The number of carbonyl (C=O) groups excluding carboxylic acids is 1. The van der Waals surface area contributed by atoms with Crippen molar-refractivity contribution in [3.8, 4) is 11.5 Å². The highest BCUT2D eigenvalue weighted by Gasteiger charge is 2.04. The van der Waals surface area contributed by atoms with Crippen molar-refractivity contribution in [3.63, 3.8) is 0 Å². The first-order valence-electron chi connectivity index (χ1n) is 8.61. The molecule has 0 saturated carbocycles. The molecule has 1 heterocycles. The van der Waals surface area contributed by atoms with E-state index in [1.165, 1.54) is 0 Å². The van der Waals surface area contributed by atoms with Gasteiger partial charge in [0.2, 0.25) is 0 Å². The number of hydrogen-bond donors (Lipinski definition) is 2. The van der Waals surface area contributed by atoms with Crippen LogP contribution >= 0.6 is 0 Å². The molecule has 27 heavy (non-hydrogen) atoms. The van der Waals surface area contributed by atoms with Crippen LogP contribution in [0.1, 0.15) is 5.56 Å². The van der Waals surface area contributed by atoms with Gasteiger partial charge in [0.05, 0.1) is 13.7 Å². The van der Waals surface area contributed by atoms with Crippen molar-refractivity contribution in [2.45, 2.75) is 13.1 Å². The predicted octanol–water partition coefficient (Wildman–Crippen LogP) is 3.29. The van der Waals surface area contributed by atoms with Crippen LogP contribution in [-0.4, -0.2) is 29.5 Å². The zero-order valence-corrected chi connectivity index (χ0v) is 15.1. The fraction of sp³-hybridized carbons (Fsp3) is 0.200. The van der Waals surface area contributed by atoms with Crippen LogP contribution in [0, 0.1) is 0 Å². The van der Waals surface area contributed by atoms with Gasteiger partial charge in [-0.05, 0) is 35.9 Å². The smallest absolute Gasteiger partial charge is 0.319 e. The van der Waals surface area contributed by atoms with Crippen LogP contribution in [0.3, 0.4) is 0 Å². The number of rotatable bonds is 8. The van der Waals surface area contributed by atoms with E-state index >= 15 is 0 Å². The molecule has 3 rings (SSSR count). The molecular weight excluding hydrogens is 344 g/mol. The quantitative estimate of drug-likeness (QED) is 0.641. The van der Waals surface area contributed by atoms with Crippen LogP contribution in [0.2, 0.25) is 0 Å². The summed E-state index contributed by atoms with van der Waals surface area (Å²) in [4.78, 5) is 12.1. The first kappa shape index (κ1) is 18.3. The van der Waals surface area contributed by atoms with E-state index in [-0.39, 0.29) is 6.03 Å². The first-order valence-corrected chi connectivity index (χ1v) is 8.61. The molecule has 2 amide bonds. The molecule has 2 N–H and O–H groups in total. The Morgan fingerprint density at radius 2 is 1.96 bits per heavy atom. The predicted molar refractivity (Wildman–Crippen MR) is 103 cm³/mol. The molecule has 0 bridgehead atoms. The molecule has 0 radical (unpaired) electrons. The molecular formula is C20H22N4O3. The number of ether oxygens (including phenoxy) is 2. The number of aromatic nitrogens is 2. The molecule has 140 valence electrons. The minimum atomic E-state index is -0.278. The highest BCUT2D eigenvalue weighted by Crippen LogP contribution is 2.17. The fourth-order valence-corrected chi connectivity index (χ4v) is 2.45. The van der Waals surface area contributed by atoms with Crippen molar-refractivity contribution >= 4 is 11.7 Å². The molecule has 2 aromatic carbocycles. The van der Waals surface area contributed by atoms with E-state index in [4.69, 9.17) is 9.47 Å². The molecule has 7 nitrogen and oxygen atoms in total. The van der Waals surface area contributed by atoms with E-state index in [9.17, 15) is 4.79 Å². The van der Waals surface area contributed by atoms with Gasteiger partial charge in [-0.15, -0.1) is 0 Å². The van der Waals surface area contributed by atoms with Gasteiger partial charge in [0, 0.05) is 30.7 Å². The van der Waals surface area contributed by atoms with Crippen LogP contribution < -0.4 is 20.1 Å². The molecule has 1 aromatic heterocycles. The standard InChI is InChI=1S/C20H22N4O3/c1-26-18-8-6-16(7-9-18)15-21-20(25)23-17-4-2-5-19(14-17)27-13-12-24-11-3-10-22-24/h2-11,14H,12-13,15H2,1H3,(H2,21,23,25). The number of amides is 2. The van der Waals surface area contributed by atoms with E-state index in [1.807, 2.05) is 54.7 Å². The fourth-order valence-electron chi connectivity index (χ4n) is 2.45. The average molecular weight is 366 g/mol. The molecule has 0 atom stereocenters. The molecule has 0 aliphatic rings. The molecule has 7 heteroatoms. The minimum absolute atomic E-state index is 0.278. The van der Waals surface area contributed by atoms with Crippen LogP contribution in [0.5, 0.6) is 11.5 Å². The summed E-state index contributed by atoms with van der Waals surface area (Å²) >= 11 is 0. The number of nitrogens with zero attached hydrogens (tertiary/aromatic N) is 2. The second-order valence-electron chi connectivity index (χ2n) is 5.80. The Morgan fingerprint density at radius 1 is 1.11 bits per heavy atom. The average Bonchev–Trinajstić information content (AvgIpc) is 3.21. The number of carbonyl (C=O) groups is 1. The van der Waals surface area contributed by atoms with Crippen molar-refractivity contribution in [2.24, 2.45) is 0 Å². The van der Waals surface area contributed by atoms with E-state index < -0.39 is 0 Å². The van der Waals surface area contributed by atoms with Crippen LogP contribution in [0.25, 0.3) is 0 Å². The maximum Gasteiger partial charge on any atom is 0.319 e. The van der Waals surface area contributed by atoms with Crippen LogP contribution in [-0.2, 0) is 13.1 Å². The van der Waals surface area contributed by atoms with Gasteiger partial charge in [0.15, 0.2) is 0 Å². The molecule has 0 aliphatic heterocycles. The highest BCUT2D eigenvalue weighted by molar-refractivity contribution is 5.89. The van der Waals surface area contributed by atoms with Crippen molar-refractivity contribution in [3.05, 3.63) is 72.6 Å². The molecule has 3 aromatic rings. The van der Waals surface area contributed by atoms with Crippen LogP contribution in [0.4, 0.5) is 10.5 Å². The Labute approximate surface area is 157 Å². The van der Waals surface area contributed by atoms with Crippen molar-refractivity contribution in [1.29, 1.82) is 0 Å². The Morgan fingerprint density at radius 3 is 2.70 bits per heavy atom. The topological polar surface area (TPSA) is 77.4 Å². The summed E-state index contributed by atoms with van der Waals surface area (Å²) in [6.07, 6.45) is 3.61. The van der Waals surface area contributed by atoms with E-state index in [2.05, 4.69) is 15.7 Å². The van der Waals surface area contributed by atoms with E-state index in [0.717, 1.165) is 11.3 Å². The lowest BCUT2D eigenvalue weighted by atomic mass is 10.2. The number of benzene rings is 2. The van der Waals surface area contributed by atoms with Gasteiger partial charge in [-0.1, -0.05) is 18.2 Å². The number of urea groups is 1. The summed E-state index contributed by atoms with van der Waals surface area (Å²) in [5, 5.41) is 9.75. The van der Waals surface area contributed by atoms with Gasteiger partial charge in [0.1, 0.15) is 18.1 Å². The Bertz CT molecular complexity index is 848. The SMILES string of the molecule is COc1ccc(CNC(=O)Nc2cccc(OCCn3cccn3)c2)cc1. The monoisotopic (exact) mass is 366 g/mol. The third kappa shape index (κ3) is 5.78. The number of methoxy groups -OCH3 is 1. The summed E-state index contributed by atoms with van der Waals surface area (Å²) < 4.78 is 12.6. The minimum Gasteiger partial charge on any atom is -0.497 e. The second-order valence-corrected chi connectivity index (χ2v) is 5.80. The molecule has 0 unspecified atom stereocenters. The van der Waals surface area contributed by atoms with Gasteiger partial charge < -0.3 is 20.1 Å². The Hall–Kier alpha value is -3.48. The zero-order valence-electron chi connectivity index (χ0n) is 15.1. The van der Waals surface area contributed by atoms with Gasteiger partial charge in [-0.3, -0.25) is 4.68 Å². The van der Waals surface area contributed by atoms with E-state index in [1.54, 1.807) is 24.1 Å². The maximum atomic E-state index is 12.1. The number of anilines is 1. The lowest BCUT2D eigenvalue weighted by molar-refractivity contribution is 0.251. The normalized spacial score (nSPS) is 10.3. The summed E-state index contributed by atoms with van der Waals surface area (Å²) in [7, 11) is 1.62. The number of nitrogens with one attached hydrogen (secondary N) is 2. The molecule has 0 fully saturated rings. The Balaban J connectivity index is 1.45. The lowest BCUT2D eigenvalue weighted by Crippen LogP contribution is -2.28. The number of hydrogen-bond acceptors (Lipinski definition) is 4. The van der Waals surface area contributed by atoms with Gasteiger partial charge >= 0.3 is 6.03 Å². The lowest BCUT2D eigenvalue weighted by Gasteiger charge is -2.10. The summed E-state index contributed by atoms with van der Waals surface area (Å²) in [5.41, 5.74) is 1.65. The molecule has 0 aliphatic carbocycles. The Kier molecular flexibility index (Phi) is 6.30. The van der Waals surface area contributed by atoms with E-state index in [0.29, 0.717) is 31.1 Å². The second kappa shape index (κ2) is 9.28. The molecule has 0 spiro atoms. The van der Waals surface area contributed by atoms with Crippen molar-refractivity contribution < 1.29 is 14.3 Å². The summed E-state index contributed by atoms with van der Waals surface area (Å²) in [6, 6.07) is 16.4. The van der Waals surface area contributed by atoms with Gasteiger partial charge in [-0.25, -0.2) is 4.79 Å². The zero-order chi connectivity index (χ0) is 18.9. The van der Waals surface area contributed by atoms with Gasteiger partial charge in [0.25, 0.3) is 0 Å². The van der Waals surface area contributed by atoms with Gasteiger partial charge in [-0.2, -0.15) is 5.10 Å². The first-order chi connectivity index (χ1) is 13.2. The molecule has 0 saturated heterocycles. The van der Waals surface area contributed by atoms with Crippen molar-refractivity contribution in [2.75, 3.05) is 19.0 Å². The third-order valence-electron chi connectivity index (χ3n) is 3.85. The van der Waals surface area contributed by atoms with Crippen molar-refractivity contribution in [1.82, 2.24) is 15.1 Å². The third-order valence-corrected chi connectivity index (χ3v) is 3.85.